The summed E-state index contributed by atoms with van der Waals surface area (Å²) in [5.74, 6) is -1.42. The molecule has 1 aliphatic rings. The molecule has 0 aromatic heterocycles. The third-order valence-corrected chi connectivity index (χ3v) is 3.61. The molecule has 0 bridgehead atoms. The number of nitrogens with two attached hydrogens (primary N) is 1. The predicted octanol–water partition coefficient (Wildman–Crippen LogP) is 0.0504. The first-order valence-electron chi connectivity index (χ1n) is 6.35. The van der Waals surface area contributed by atoms with Crippen molar-refractivity contribution < 1.29 is 19.5 Å². The molecule has 3 amide bonds. The van der Waals surface area contributed by atoms with E-state index in [9.17, 15) is 14.4 Å². The smallest absolute Gasteiger partial charge is 0.312 e. The van der Waals surface area contributed by atoms with E-state index in [-0.39, 0.29) is 12.5 Å². The number of hydrogen-bond acceptors (Lipinski definition) is 3. The fraction of sp³-hybridized carbons (Fsp3) is 0.750. The zero-order valence-corrected chi connectivity index (χ0v) is 11.2. The van der Waals surface area contributed by atoms with Gasteiger partial charge in [-0.2, -0.15) is 0 Å². The Balaban J connectivity index is 2.57. The van der Waals surface area contributed by atoms with E-state index in [0.29, 0.717) is 12.8 Å². The van der Waals surface area contributed by atoms with E-state index in [1.807, 2.05) is 0 Å². The molecule has 19 heavy (non-hydrogen) atoms. The third-order valence-electron chi connectivity index (χ3n) is 3.61. The van der Waals surface area contributed by atoms with Crippen LogP contribution in [0.15, 0.2) is 0 Å². The van der Waals surface area contributed by atoms with Gasteiger partial charge in [0.2, 0.25) is 5.91 Å². The molecule has 1 atom stereocenters. The highest BCUT2D eigenvalue weighted by Crippen LogP contribution is 2.40. The van der Waals surface area contributed by atoms with Gasteiger partial charge >= 0.3 is 12.0 Å². The summed E-state index contributed by atoms with van der Waals surface area (Å²) in [6.45, 7) is 3.64. The van der Waals surface area contributed by atoms with Gasteiger partial charge < -0.3 is 21.5 Å². The largest absolute Gasteiger partial charge is 0.481 e. The van der Waals surface area contributed by atoms with Gasteiger partial charge in [0, 0.05) is 6.54 Å². The molecule has 0 spiro atoms. The topological polar surface area (TPSA) is 122 Å². The molecule has 1 rings (SSSR count). The van der Waals surface area contributed by atoms with Crippen LogP contribution in [0, 0.1) is 11.3 Å². The number of carbonyl (C=O) groups excluding carboxylic acids is 2. The van der Waals surface area contributed by atoms with Crippen molar-refractivity contribution in [3.8, 4) is 0 Å². The Morgan fingerprint density at radius 1 is 1.32 bits per heavy atom. The first-order valence-corrected chi connectivity index (χ1v) is 6.35. The van der Waals surface area contributed by atoms with Gasteiger partial charge in [-0.05, 0) is 18.8 Å². The van der Waals surface area contributed by atoms with Crippen molar-refractivity contribution in [3.63, 3.8) is 0 Å². The Kier molecular flexibility index (Phi) is 4.74. The maximum Gasteiger partial charge on any atom is 0.312 e. The van der Waals surface area contributed by atoms with Gasteiger partial charge in [0.25, 0.3) is 0 Å². The van der Waals surface area contributed by atoms with Crippen LogP contribution in [0.1, 0.15) is 33.1 Å². The number of nitrogens with one attached hydrogen (secondary N) is 2. The van der Waals surface area contributed by atoms with Gasteiger partial charge in [-0.25, -0.2) is 4.79 Å². The molecule has 0 aliphatic heterocycles. The van der Waals surface area contributed by atoms with Crippen LogP contribution in [-0.2, 0) is 9.59 Å². The molecule has 1 unspecified atom stereocenters. The van der Waals surface area contributed by atoms with Crippen molar-refractivity contribution in [1.29, 1.82) is 0 Å². The second kappa shape index (κ2) is 5.90. The van der Waals surface area contributed by atoms with Crippen LogP contribution in [0.4, 0.5) is 4.79 Å². The Labute approximate surface area is 111 Å². The SMILES string of the molecule is CC(C)C(NC(N)=O)C(=O)NCC1(C(=O)O)CCC1. The summed E-state index contributed by atoms with van der Waals surface area (Å²) in [5.41, 5.74) is 4.17. The molecule has 1 aliphatic carbocycles. The first-order chi connectivity index (χ1) is 8.78. The number of urea groups is 1. The van der Waals surface area contributed by atoms with E-state index in [1.165, 1.54) is 0 Å². The fourth-order valence-corrected chi connectivity index (χ4v) is 2.12. The molecule has 1 fully saturated rings. The van der Waals surface area contributed by atoms with Gasteiger partial charge in [-0.3, -0.25) is 9.59 Å². The average molecular weight is 271 g/mol. The molecule has 0 radical (unpaired) electrons. The minimum atomic E-state index is -0.886. The zero-order chi connectivity index (χ0) is 14.6. The van der Waals surface area contributed by atoms with E-state index < -0.39 is 29.4 Å². The van der Waals surface area contributed by atoms with Crippen LogP contribution in [0.25, 0.3) is 0 Å². The summed E-state index contributed by atoms with van der Waals surface area (Å²) >= 11 is 0. The number of carbonyl (C=O) groups is 3. The number of amides is 3. The normalized spacial score (nSPS) is 18.3. The minimum Gasteiger partial charge on any atom is -0.481 e. The van der Waals surface area contributed by atoms with E-state index in [4.69, 9.17) is 10.8 Å². The van der Waals surface area contributed by atoms with Crippen LogP contribution in [0.3, 0.4) is 0 Å². The molecule has 1 saturated carbocycles. The lowest BCUT2D eigenvalue weighted by molar-refractivity contribution is -0.154. The van der Waals surface area contributed by atoms with Crippen molar-refractivity contribution in [2.45, 2.75) is 39.2 Å². The Bertz CT molecular complexity index is 377. The van der Waals surface area contributed by atoms with Crippen LogP contribution in [0.2, 0.25) is 0 Å². The number of carboxylic acids is 1. The number of primary amides is 1. The molecular formula is C12H21N3O4. The number of hydrogen-bond donors (Lipinski definition) is 4. The van der Waals surface area contributed by atoms with E-state index in [1.54, 1.807) is 13.8 Å². The Hall–Kier alpha value is -1.79. The molecule has 7 heteroatoms. The molecule has 0 heterocycles. The standard InChI is InChI=1S/C12H21N3O4/c1-7(2)8(15-11(13)19)9(16)14-6-12(10(17)18)4-3-5-12/h7-8H,3-6H2,1-2H3,(H,14,16)(H,17,18)(H3,13,15,19). The summed E-state index contributed by atoms with van der Waals surface area (Å²) in [4.78, 5) is 33.9. The molecular weight excluding hydrogens is 250 g/mol. The zero-order valence-electron chi connectivity index (χ0n) is 11.2. The van der Waals surface area contributed by atoms with E-state index in [0.717, 1.165) is 6.42 Å². The van der Waals surface area contributed by atoms with Gasteiger partial charge in [0.1, 0.15) is 6.04 Å². The van der Waals surface area contributed by atoms with Crippen molar-refractivity contribution in [1.82, 2.24) is 10.6 Å². The lowest BCUT2D eigenvalue weighted by Crippen LogP contribution is -2.55. The van der Waals surface area contributed by atoms with Crippen molar-refractivity contribution in [2.24, 2.45) is 17.1 Å². The second-order valence-corrected chi connectivity index (χ2v) is 5.39. The third kappa shape index (κ3) is 3.59. The Morgan fingerprint density at radius 3 is 2.21 bits per heavy atom. The average Bonchev–Trinajstić information content (AvgIpc) is 2.22. The quantitative estimate of drug-likeness (QED) is 0.545. The van der Waals surface area contributed by atoms with Crippen molar-refractivity contribution >= 4 is 17.9 Å². The molecule has 7 nitrogen and oxygen atoms in total. The maximum absolute atomic E-state index is 12.0. The monoisotopic (exact) mass is 271 g/mol. The van der Waals surface area contributed by atoms with Crippen molar-refractivity contribution in [2.75, 3.05) is 6.54 Å². The van der Waals surface area contributed by atoms with Crippen LogP contribution in [-0.4, -0.2) is 35.6 Å². The van der Waals surface area contributed by atoms with Crippen molar-refractivity contribution in [3.05, 3.63) is 0 Å². The van der Waals surface area contributed by atoms with E-state index >= 15 is 0 Å². The van der Waals surface area contributed by atoms with E-state index in [2.05, 4.69) is 10.6 Å². The summed E-state index contributed by atoms with van der Waals surface area (Å²) in [5, 5.41) is 14.1. The molecule has 5 N–H and O–H groups in total. The van der Waals surface area contributed by atoms with Crippen LogP contribution < -0.4 is 16.4 Å². The van der Waals surface area contributed by atoms with Crippen LogP contribution in [0.5, 0.6) is 0 Å². The molecule has 108 valence electrons. The summed E-state index contributed by atoms with van der Waals surface area (Å²) in [7, 11) is 0. The highest BCUT2D eigenvalue weighted by molar-refractivity contribution is 5.87. The lowest BCUT2D eigenvalue weighted by atomic mass is 9.69. The molecule has 0 saturated heterocycles. The van der Waals surface area contributed by atoms with Gasteiger partial charge in [0.05, 0.1) is 5.41 Å². The summed E-state index contributed by atoms with van der Waals surface area (Å²) in [6, 6.07) is -1.52. The fourth-order valence-electron chi connectivity index (χ4n) is 2.12. The van der Waals surface area contributed by atoms with Crippen LogP contribution >= 0.6 is 0 Å². The number of aliphatic carboxylic acids is 1. The molecule has 0 aromatic rings. The van der Waals surface area contributed by atoms with Gasteiger partial charge in [-0.1, -0.05) is 20.3 Å². The summed E-state index contributed by atoms with van der Waals surface area (Å²) < 4.78 is 0. The summed E-state index contributed by atoms with van der Waals surface area (Å²) in [6.07, 6.45) is 1.99. The highest BCUT2D eigenvalue weighted by atomic mass is 16.4. The number of carboxylic acid groups (broad SMARTS) is 1. The maximum atomic E-state index is 12.0. The van der Waals surface area contributed by atoms with Gasteiger partial charge in [-0.15, -0.1) is 0 Å². The second-order valence-electron chi connectivity index (χ2n) is 5.39. The molecule has 0 aromatic carbocycles. The number of rotatable bonds is 6. The lowest BCUT2D eigenvalue weighted by Gasteiger charge is -2.38. The predicted molar refractivity (Wildman–Crippen MR) is 68.3 cm³/mol. The minimum absolute atomic E-state index is 0.0881. The van der Waals surface area contributed by atoms with Gasteiger partial charge in [0.15, 0.2) is 0 Å². The Morgan fingerprint density at radius 2 is 1.89 bits per heavy atom. The first kappa shape index (κ1) is 15.3. The highest BCUT2D eigenvalue weighted by Gasteiger charge is 2.44.